The number of benzene rings is 2. The van der Waals surface area contributed by atoms with Crippen LogP contribution < -0.4 is 10.1 Å². The van der Waals surface area contributed by atoms with Gasteiger partial charge in [-0.25, -0.2) is 0 Å². The fourth-order valence-electron chi connectivity index (χ4n) is 1.80. The van der Waals surface area contributed by atoms with Crippen molar-refractivity contribution in [2.24, 2.45) is 0 Å². The van der Waals surface area contributed by atoms with Crippen molar-refractivity contribution in [2.45, 2.75) is 19.8 Å². The lowest BCUT2D eigenvalue weighted by molar-refractivity contribution is -0.274. The Kier molecular flexibility index (Phi) is 4.70. The lowest BCUT2D eigenvalue weighted by Crippen LogP contribution is -2.22. The number of ether oxygens (including phenoxy) is 1. The summed E-state index contributed by atoms with van der Waals surface area (Å²) >= 11 is 0. The second-order valence-electron chi connectivity index (χ2n) is 4.74. The van der Waals surface area contributed by atoms with Gasteiger partial charge in [0.25, 0.3) is 5.91 Å². The molecule has 0 bridgehead atoms. The first-order chi connectivity index (χ1) is 10.3. The van der Waals surface area contributed by atoms with Crippen LogP contribution in [-0.4, -0.2) is 12.3 Å². The highest BCUT2D eigenvalue weighted by atomic mass is 19.4. The van der Waals surface area contributed by atoms with Crippen LogP contribution in [0.15, 0.2) is 48.5 Å². The summed E-state index contributed by atoms with van der Waals surface area (Å²) in [6.45, 7) is 2.31. The number of rotatable bonds is 4. The van der Waals surface area contributed by atoms with Gasteiger partial charge in [0.2, 0.25) is 0 Å². The quantitative estimate of drug-likeness (QED) is 0.932. The summed E-state index contributed by atoms with van der Waals surface area (Å²) in [7, 11) is 0. The molecule has 0 aliphatic heterocycles. The predicted molar refractivity (Wildman–Crippen MR) is 75.5 cm³/mol. The third-order valence-electron chi connectivity index (χ3n) is 2.92. The molecule has 22 heavy (non-hydrogen) atoms. The van der Waals surface area contributed by atoms with Gasteiger partial charge in [-0.15, -0.1) is 13.2 Å². The Balaban J connectivity index is 1.93. The Labute approximate surface area is 125 Å². The van der Waals surface area contributed by atoms with Crippen molar-refractivity contribution in [2.75, 3.05) is 0 Å². The fraction of sp³-hybridized carbons (Fsp3) is 0.188. The zero-order valence-electron chi connectivity index (χ0n) is 11.8. The molecule has 3 nitrogen and oxygen atoms in total. The minimum Gasteiger partial charge on any atom is -0.406 e. The Morgan fingerprint density at radius 1 is 1.05 bits per heavy atom. The third-order valence-corrected chi connectivity index (χ3v) is 2.92. The summed E-state index contributed by atoms with van der Waals surface area (Å²) < 4.78 is 39.9. The minimum atomic E-state index is -4.74. The molecule has 6 heteroatoms. The molecule has 0 fully saturated rings. The van der Waals surface area contributed by atoms with Crippen molar-refractivity contribution in [1.82, 2.24) is 5.32 Å². The van der Waals surface area contributed by atoms with E-state index >= 15 is 0 Å². The number of amides is 1. The van der Waals surface area contributed by atoms with E-state index in [1.165, 1.54) is 12.1 Å². The minimum absolute atomic E-state index is 0.265. The van der Waals surface area contributed by atoms with Crippen molar-refractivity contribution < 1.29 is 22.7 Å². The maximum Gasteiger partial charge on any atom is 0.573 e. The number of alkyl halides is 3. The van der Waals surface area contributed by atoms with Crippen LogP contribution in [-0.2, 0) is 6.54 Å². The molecule has 0 saturated heterocycles. The highest BCUT2D eigenvalue weighted by Crippen LogP contribution is 2.22. The number of carbonyl (C=O) groups excluding carboxylic acids is 1. The topological polar surface area (TPSA) is 38.3 Å². The van der Waals surface area contributed by atoms with Crippen LogP contribution >= 0.6 is 0 Å². The first-order valence-corrected chi connectivity index (χ1v) is 6.53. The summed E-state index contributed by atoms with van der Waals surface area (Å²) in [5, 5.41) is 2.70. The van der Waals surface area contributed by atoms with Crippen LogP contribution in [0.5, 0.6) is 5.75 Å². The van der Waals surface area contributed by atoms with Gasteiger partial charge in [0, 0.05) is 12.1 Å². The zero-order chi connectivity index (χ0) is 16.2. The van der Waals surface area contributed by atoms with E-state index in [1.807, 2.05) is 31.2 Å². The smallest absolute Gasteiger partial charge is 0.406 e. The fourth-order valence-corrected chi connectivity index (χ4v) is 1.80. The van der Waals surface area contributed by atoms with Gasteiger partial charge >= 0.3 is 6.36 Å². The highest BCUT2D eigenvalue weighted by Gasteiger charge is 2.31. The van der Waals surface area contributed by atoms with Gasteiger partial charge in [-0.3, -0.25) is 4.79 Å². The number of aryl methyl sites for hydroxylation is 1. The van der Waals surface area contributed by atoms with Crippen molar-refractivity contribution in [3.63, 3.8) is 0 Å². The largest absolute Gasteiger partial charge is 0.573 e. The molecule has 1 N–H and O–H groups in total. The summed E-state index contributed by atoms with van der Waals surface area (Å²) in [6.07, 6.45) is -4.74. The van der Waals surface area contributed by atoms with E-state index in [2.05, 4.69) is 10.1 Å². The number of hydrogen-bond acceptors (Lipinski definition) is 2. The van der Waals surface area contributed by atoms with E-state index in [1.54, 1.807) is 0 Å². The van der Waals surface area contributed by atoms with Crippen molar-refractivity contribution in [1.29, 1.82) is 0 Å². The third kappa shape index (κ3) is 4.80. The Hall–Kier alpha value is -2.50. The van der Waals surface area contributed by atoms with Gasteiger partial charge in [-0.05, 0) is 36.8 Å². The van der Waals surface area contributed by atoms with Gasteiger partial charge in [0.05, 0.1) is 0 Å². The molecule has 0 aromatic heterocycles. The standard InChI is InChI=1S/C16H14F3NO2/c1-11-2-4-12(5-3-11)10-20-15(21)13-6-8-14(9-7-13)22-16(17,18)19/h2-9H,10H2,1H3,(H,20,21). The molecule has 2 rings (SSSR count). The van der Waals surface area contributed by atoms with Crippen molar-refractivity contribution >= 4 is 5.91 Å². The van der Waals surface area contributed by atoms with Gasteiger partial charge < -0.3 is 10.1 Å². The molecule has 0 heterocycles. The molecule has 2 aromatic rings. The van der Waals surface area contributed by atoms with Crippen molar-refractivity contribution in [3.05, 3.63) is 65.2 Å². The molecule has 0 aliphatic carbocycles. The maximum atomic E-state index is 12.0. The van der Waals surface area contributed by atoms with E-state index in [9.17, 15) is 18.0 Å². The van der Waals surface area contributed by atoms with Gasteiger partial charge in [-0.1, -0.05) is 29.8 Å². The number of halogens is 3. The molecule has 0 radical (unpaired) electrons. The SMILES string of the molecule is Cc1ccc(CNC(=O)c2ccc(OC(F)(F)F)cc2)cc1. The second kappa shape index (κ2) is 6.51. The number of carbonyl (C=O) groups is 1. The van der Waals surface area contributed by atoms with E-state index in [0.29, 0.717) is 6.54 Å². The molecular weight excluding hydrogens is 295 g/mol. The Morgan fingerprint density at radius 2 is 1.64 bits per heavy atom. The van der Waals surface area contributed by atoms with Crippen LogP contribution in [0.1, 0.15) is 21.5 Å². The Morgan fingerprint density at radius 3 is 2.18 bits per heavy atom. The van der Waals surface area contributed by atoms with Gasteiger partial charge in [-0.2, -0.15) is 0 Å². The number of nitrogens with one attached hydrogen (secondary N) is 1. The molecule has 1 amide bonds. The molecule has 2 aromatic carbocycles. The predicted octanol–water partition coefficient (Wildman–Crippen LogP) is 3.82. The van der Waals surface area contributed by atoms with Gasteiger partial charge in [0.15, 0.2) is 0 Å². The summed E-state index contributed by atoms with van der Waals surface area (Å²) in [5.74, 6) is -0.721. The molecule has 0 aliphatic rings. The molecule has 0 atom stereocenters. The molecule has 116 valence electrons. The first kappa shape index (κ1) is 15.9. The first-order valence-electron chi connectivity index (χ1n) is 6.53. The lowest BCUT2D eigenvalue weighted by atomic mass is 10.1. The van der Waals surface area contributed by atoms with E-state index in [-0.39, 0.29) is 17.2 Å². The van der Waals surface area contributed by atoms with Crippen LogP contribution in [0, 0.1) is 6.92 Å². The Bertz CT molecular complexity index is 634. The van der Waals surface area contributed by atoms with E-state index in [4.69, 9.17) is 0 Å². The van der Waals surface area contributed by atoms with E-state index in [0.717, 1.165) is 23.3 Å². The highest BCUT2D eigenvalue weighted by molar-refractivity contribution is 5.94. The van der Waals surface area contributed by atoms with Crippen LogP contribution in [0.25, 0.3) is 0 Å². The summed E-state index contributed by atoms with van der Waals surface area (Å²) in [4.78, 5) is 11.9. The molecule has 0 spiro atoms. The second-order valence-corrected chi connectivity index (χ2v) is 4.74. The van der Waals surface area contributed by atoms with Crippen LogP contribution in [0.3, 0.4) is 0 Å². The average Bonchev–Trinajstić information content (AvgIpc) is 2.45. The van der Waals surface area contributed by atoms with E-state index < -0.39 is 6.36 Å². The van der Waals surface area contributed by atoms with Crippen molar-refractivity contribution in [3.8, 4) is 5.75 Å². The maximum absolute atomic E-state index is 12.0. The summed E-state index contributed by atoms with van der Waals surface area (Å²) in [5.41, 5.74) is 2.33. The normalized spacial score (nSPS) is 11.1. The lowest BCUT2D eigenvalue weighted by Gasteiger charge is -2.09. The van der Waals surface area contributed by atoms with Crippen LogP contribution in [0.4, 0.5) is 13.2 Å². The molecule has 0 unspecified atom stereocenters. The average molecular weight is 309 g/mol. The molecular formula is C16H14F3NO2. The summed E-state index contributed by atoms with van der Waals surface area (Å²) in [6, 6.07) is 12.4. The van der Waals surface area contributed by atoms with Crippen LogP contribution in [0.2, 0.25) is 0 Å². The van der Waals surface area contributed by atoms with Gasteiger partial charge in [0.1, 0.15) is 5.75 Å². The zero-order valence-corrected chi connectivity index (χ0v) is 11.8. The molecule has 0 saturated carbocycles. The number of hydrogen-bond donors (Lipinski definition) is 1. The monoisotopic (exact) mass is 309 g/mol.